The van der Waals surface area contributed by atoms with Gasteiger partial charge in [0.2, 0.25) is 5.88 Å². The number of methoxy groups -OCH3 is 1. The van der Waals surface area contributed by atoms with Crippen molar-refractivity contribution in [1.29, 1.82) is 0 Å². The number of benzene rings is 1. The van der Waals surface area contributed by atoms with E-state index in [2.05, 4.69) is 11.9 Å². The zero-order valence-corrected chi connectivity index (χ0v) is 12.5. The van der Waals surface area contributed by atoms with Gasteiger partial charge in [0.05, 0.1) is 6.61 Å². The third-order valence-corrected chi connectivity index (χ3v) is 3.10. The van der Waals surface area contributed by atoms with Gasteiger partial charge in [-0.25, -0.2) is 4.98 Å². The van der Waals surface area contributed by atoms with E-state index in [4.69, 9.17) is 32.7 Å². The monoisotopic (exact) mass is 310 g/mol. The highest BCUT2D eigenvalue weighted by Crippen LogP contribution is 2.31. The van der Waals surface area contributed by atoms with E-state index in [0.717, 1.165) is 5.56 Å². The van der Waals surface area contributed by atoms with Crippen LogP contribution >= 0.6 is 23.2 Å². The Balaban J connectivity index is 2.29. The Kier molecular flexibility index (Phi) is 5.24. The molecular weight excluding hydrogens is 297 g/mol. The van der Waals surface area contributed by atoms with E-state index < -0.39 is 0 Å². The summed E-state index contributed by atoms with van der Waals surface area (Å²) in [5.41, 5.74) is 0.866. The van der Waals surface area contributed by atoms with Crippen molar-refractivity contribution in [3.8, 4) is 11.6 Å². The largest absolute Gasteiger partial charge is 0.439 e. The molecule has 1 aromatic heterocycles. The molecule has 1 atom stereocenters. The first kappa shape index (κ1) is 15.1. The Hall–Kier alpha value is -1.29. The smallest absolute Gasteiger partial charge is 0.222 e. The summed E-state index contributed by atoms with van der Waals surface area (Å²) >= 11 is 11.9. The molecule has 1 unspecified atom stereocenters. The number of aromatic nitrogens is 1. The highest BCUT2D eigenvalue weighted by molar-refractivity contribution is 6.34. The van der Waals surface area contributed by atoms with Gasteiger partial charge in [-0.2, -0.15) is 0 Å². The van der Waals surface area contributed by atoms with E-state index in [1.807, 2.05) is 12.1 Å². The predicted octanol–water partition coefficient (Wildman–Crippen LogP) is 4.74. The predicted molar refractivity (Wildman–Crippen MR) is 80.7 cm³/mol. The summed E-state index contributed by atoms with van der Waals surface area (Å²) in [4.78, 5) is 4.23. The molecule has 0 spiro atoms. The van der Waals surface area contributed by atoms with Crippen LogP contribution in [0.4, 0.5) is 0 Å². The third-order valence-electron chi connectivity index (χ3n) is 2.66. The van der Waals surface area contributed by atoms with E-state index in [1.54, 1.807) is 31.5 Å². The van der Waals surface area contributed by atoms with Gasteiger partial charge >= 0.3 is 0 Å². The maximum Gasteiger partial charge on any atom is 0.222 e. The Morgan fingerprint density at radius 2 is 1.95 bits per heavy atom. The van der Waals surface area contributed by atoms with Crippen LogP contribution in [0.1, 0.15) is 11.5 Å². The summed E-state index contributed by atoms with van der Waals surface area (Å²) < 4.78 is 10.9. The number of pyridine rings is 1. The molecule has 2 rings (SSSR count). The first-order valence-corrected chi connectivity index (χ1v) is 6.76. The van der Waals surface area contributed by atoms with Gasteiger partial charge in [0.15, 0.2) is 0 Å². The number of hydrogen-bond donors (Lipinski definition) is 0. The number of rotatable bonds is 5. The lowest BCUT2D eigenvalue weighted by Gasteiger charge is -2.15. The van der Waals surface area contributed by atoms with Crippen molar-refractivity contribution < 1.29 is 9.47 Å². The molecule has 0 aliphatic heterocycles. The molecule has 0 bridgehead atoms. The van der Waals surface area contributed by atoms with Crippen LogP contribution in [0.25, 0.3) is 0 Å². The fourth-order valence-corrected chi connectivity index (χ4v) is 2.30. The molecule has 105 valence electrons. The second-order valence-electron chi connectivity index (χ2n) is 4.26. The minimum Gasteiger partial charge on any atom is -0.439 e. The van der Waals surface area contributed by atoms with Gasteiger partial charge in [-0.05, 0) is 31.2 Å². The molecule has 0 aliphatic rings. The quantitative estimate of drug-likeness (QED) is 0.799. The Bertz CT molecular complexity index is 570. The molecule has 1 radical (unpaired) electrons. The normalized spacial score (nSPS) is 12.2. The maximum absolute atomic E-state index is 5.95. The molecule has 2 aromatic rings. The average molecular weight is 311 g/mol. The molecule has 20 heavy (non-hydrogen) atoms. The van der Waals surface area contributed by atoms with Gasteiger partial charge in [-0.3, -0.25) is 0 Å². The van der Waals surface area contributed by atoms with Crippen LogP contribution in [0, 0.1) is 6.92 Å². The molecule has 0 saturated carbocycles. The molecule has 5 heteroatoms. The average Bonchev–Trinajstić information content (AvgIpc) is 2.38. The van der Waals surface area contributed by atoms with Crippen molar-refractivity contribution in [2.75, 3.05) is 13.7 Å². The van der Waals surface area contributed by atoms with Crippen molar-refractivity contribution in [3.05, 3.63) is 59.1 Å². The van der Waals surface area contributed by atoms with Gasteiger partial charge in [0.1, 0.15) is 5.75 Å². The second-order valence-corrected chi connectivity index (χ2v) is 5.13. The summed E-state index contributed by atoms with van der Waals surface area (Å²) in [7, 11) is 1.63. The van der Waals surface area contributed by atoms with Gasteiger partial charge in [-0.1, -0.05) is 29.3 Å². The Morgan fingerprint density at radius 1 is 1.25 bits per heavy atom. The molecule has 3 nitrogen and oxygen atoms in total. The zero-order chi connectivity index (χ0) is 14.5. The topological polar surface area (TPSA) is 31.4 Å². The van der Waals surface area contributed by atoms with E-state index in [-0.39, 0.29) is 5.92 Å². The zero-order valence-electron chi connectivity index (χ0n) is 11.0. The lowest BCUT2D eigenvalue weighted by molar-refractivity contribution is 0.189. The fraction of sp³-hybridized carbons (Fsp3) is 0.200. The molecule has 0 fully saturated rings. The van der Waals surface area contributed by atoms with Crippen LogP contribution in [0.3, 0.4) is 0 Å². The third kappa shape index (κ3) is 3.85. The number of ether oxygens (including phenoxy) is 2. The SMILES string of the molecule is [CH2]C(COC)c1cccnc1Oc1cc(Cl)cc(Cl)c1. The molecular formula is C15H14Cl2NO2. The number of hydrogen-bond acceptors (Lipinski definition) is 3. The first-order valence-electron chi connectivity index (χ1n) is 6.01. The van der Waals surface area contributed by atoms with Crippen LogP contribution in [0.2, 0.25) is 10.0 Å². The van der Waals surface area contributed by atoms with E-state index in [1.165, 1.54) is 0 Å². The standard InChI is InChI=1S/C15H14Cl2NO2/c1-10(9-19-2)14-4-3-5-18-15(14)20-13-7-11(16)6-12(17)8-13/h3-8,10H,1,9H2,2H3. The van der Waals surface area contributed by atoms with Crippen LogP contribution in [-0.2, 0) is 4.74 Å². The van der Waals surface area contributed by atoms with Crippen molar-refractivity contribution in [1.82, 2.24) is 4.98 Å². The summed E-state index contributed by atoms with van der Waals surface area (Å²) in [5.74, 6) is 0.938. The molecule has 0 amide bonds. The lowest BCUT2D eigenvalue weighted by Crippen LogP contribution is -2.05. The molecule has 1 aromatic carbocycles. The first-order chi connectivity index (χ1) is 9.60. The minimum atomic E-state index is -0.0710. The van der Waals surface area contributed by atoms with Gasteiger partial charge in [0.25, 0.3) is 0 Å². The van der Waals surface area contributed by atoms with Crippen molar-refractivity contribution in [2.24, 2.45) is 0 Å². The molecule has 0 N–H and O–H groups in total. The van der Waals surface area contributed by atoms with Crippen LogP contribution in [0.5, 0.6) is 11.6 Å². The van der Waals surface area contributed by atoms with Crippen molar-refractivity contribution >= 4 is 23.2 Å². The Morgan fingerprint density at radius 3 is 2.60 bits per heavy atom. The summed E-state index contributed by atoms with van der Waals surface area (Å²) in [6.07, 6.45) is 1.66. The number of halogens is 2. The van der Waals surface area contributed by atoms with Crippen LogP contribution in [0.15, 0.2) is 36.5 Å². The van der Waals surface area contributed by atoms with Crippen LogP contribution < -0.4 is 4.74 Å². The van der Waals surface area contributed by atoms with Crippen molar-refractivity contribution in [2.45, 2.75) is 5.92 Å². The van der Waals surface area contributed by atoms with Crippen LogP contribution in [-0.4, -0.2) is 18.7 Å². The molecule has 0 saturated heterocycles. The second kappa shape index (κ2) is 6.93. The number of nitrogens with zero attached hydrogens (tertiary/aromatic N) is 1. The maximum atomic E-state index is 5.95. The molecule has 1 heterocycles. The highest BCUT2D eigenvalue weighted by Gasteiger charge is 2.13. The minimum absolute atomic E-state index is 0.0710. The lowest BCUT2D eigenvalue weighted by atomic mass is 10.0. The summed E-state index contributed by atoms with van der Waals surface area (Å²) in [6.45, 7) is 4.52. The summed E-state index contributed by atoms with van der Waals surface area (Å²) in [5, 5.41) is 1.01. The van der Waals surface area contributed by atoms with Gasteiger partial charge in [0, 0.05) is 34.8 Å². The van der Waals surface area contributed by atoms with Crippen molar-refractivity contribution in [3.63, 3.8) is 0 Å². The van der Waals surface area contributed by atoms with Gasteiger partial charge < -0.3 is 9.47 Å². The summed E-state index contributed by atoms with van der Waals surface area (Å²) in [6, 6.07) is 8.75. The van der Waals surface area contributed by atoms with Gasteiger partial charge in [-0.15, -0.1) is 0 Å². The van der Waals surface area contributed by atoms with E-state index in [0.29, 0.717) is 28.3 Å². The highest BCUT2D eigenvalue weighted by atomic mass is 35.5. The molecule has 0 aliphatic carbocycles. The van der Waals surface area contributed by atoms with E-state index in [9.17, 15) is 0 Å². The van der Waals surface area contributed by atoms with E-state index >= 15 is 0 Å². The Labute approximate surface area is 128 Å². The fourth-order valence-electron chi connectivity index (χ4n) is 1.79.